The number of thiophene rings is 1. The highest BCUT2D eigenvalue weighted by atomic mass is 32.1. The van der Waals surface area contributed by atoms with Gasteiger partial charge in [-0.05, 0) is 53.8 Å². The van der Waals surface area contributed by atoms with Gasteiger partial charge >= 0.3 is 0 Å². The summed E-state index contributed by atoms with van der Waals surface area (Å²) in [5, 5.41) is 13.7. The SMILES string of the molecule is CN1C(=N)N[C@](C)(c2cc(-c3cncnc3)cs2)[C@H](c2ccc(C3CC3)cc2)C1=O. The van der Waals surface area contributed by atoms with Crippen LogP contribution in [-0.2, 0) is 10.3 Å². The van der Waals surface area contributed by atoms with Crippen molar-refractivity contribution in [3.63, 3.8) is 0 Å². The highest BCUT2D eigenvalue weighted by Crippen LogP contribution is 2.45. The fraction of sp³-hybridized carbons (Fsp3) is 0.304. The lowest BCUT2D eigenvalue weighted by Crippen LogP contribution is -2.62. The first-order chi connectivity index (χ1) is 14.5. The van der Waals surface area contributed by atoms with Crippen LogP contribution in [0, 0.1) is 5.41 Å². The van der Waals surface area contributed by atoms with Gasteiger partial charge in [-0.3, -0.25) is 15.1 Å². The van der Waals surface area contributed by atoms with Crippen LogP contribution in [0.1, 0.15) is 47.6 Å². The molecule has 2 fully saturated rings. The molecule has 152 valence electrons. The second-order valence-corrected chi connectivity index (χ2v) is 9.19. The van der Waals surface area contributed by atoms with Crippen LogP contribution >= 0.6 is 11.3 Å². The van der Waals surface area contributed by atoms with Gasteiger partial charge in [-0.1, -0.05) is 24.3 Å². The minimum atomic E-state index is -0.722. The first-order valence-corrected chi connectivity index (χ1v) is 10.9. The summed E-state index contributed by atoms with van der Waals surface area (Å²) in [6, 6.07) is 10.5. The molecule has 1 saturated carbocycles. The van der Waals surface area contributed by atoms with E-state index in [2.05, 4.69) is 51.0 Å². The maximum atomic E-state index is 13.4. The first-order valence-electron chi connectivity index (χ1n) is 10.1. The van der Waals surface area contributed by atoms with Crippen LogP contribution in [0.2, 0.25) is 0 Å². The molecule has 1 aliphatic heterocycles. The number of guanidine groups is 1. The van der Waals surface area contributed by atoms with Crippen LogP contribution < -0.4 is 5.32 Å². The van der Waals surface area contributed by atoms with E-state index >= 15 is 0 Å². The average molecular weight is 418 g/mol. The van der Waals surface area contributed by atoms with Gasteiger partial charge in [0.1, 0.15) is 6.33 Å². The van der Waals surface area contributed by atoms with Crippen molar-refractivity contribution in [1.82, 2.24) is 20.2 Å². The number of likely N-dealkylation sites (N-methyl/N-ethyl adjacent to an activating group) is 1. The van der Waals surface area contributed by atoms with Crippen molar-refractivity contribution in [3.05, 3.63) is 70.4 Å². The monoisotopic (exact) mass is 417 g/mol. The first kappa shape index (κ1) is 18.9. The van der Waals surface area contributed by atoms with E-state index in [1.165, 1.54) is 29.6 Å². The molecule has 3 aromatic rings. The zero-order chi connectivity index (χ0) is 20.9. The van der Waals surface area contributed by atoms with Gasteiger partial charge in [-0.15, -0.1) is 11.3 Å². The fourth-order valence-electron chi connectivity index (χ4n) is 4.22. The summed E-state index contributed by atoms with van der Waals surface area (Å²) in [6.07, 6.45) is 7.58. The number of hydrogen-bond acceptors (Lipinski definition) is 5. The number of carbonyl (C=O) groups is 1. The van der Waals surface area contributed by atoms with E-state index in [9.17, 15) is 4.79 Å². The maximum absolute atomic E-state index is 13.4. The lowest BCUT2D eigenvalue weighted by molar-refractivity contribution is -0.131. The largest absolute Gasteiger partial charge is 0.345 e. The van der Waals surface area contributed by atoms with Gasteiger partial charge in [0.05, 0.1) is 11.5 Å². The normalized spacial score (nSPS) is 24.1. The summed E-state index contributed by atoms with van der Waals surface area (Å²) in [4.78, 5) is 24.0. The van der Waals surface area contributed by atoms with E-state index in [4.69, 9.17) is 5.41 Å². The zero-order valence-corrected chi connectivity index (χ0v) is 17.7. The van der Waals surface area contributed by atoms with Crippen molar-refractivity contribution < 1.29 is 4.79 Å². The van der Waals surface area contributed by atoms with Crippen molar-refractivity contribution in [2.75, 3.05) is 7.05 Å². The standard InChI is InChI=1S/C23H23N5OS/c1-23(19-9-17(12-30-19)18-10-25-13-26-11-18)20(21(29)28(2)22(24)27-23)16-7-5-15(6-8-16)14-3-4-14/h5-14,20H,3-4H2,1-2H3,(H2,24,27)/t20-,23-/m1/s1. The third kappa shape index (κ3) is 3.10. The van der Waals surface area contributed by atoms with Crippen LogP contribution in [0.5, 0.6) is 0 Å². The number of nitrogens with zero attached hydrogens (tertiary/aromatic N) is 3. The molecule has 1 saturated heterocycles. The highest BCUT2D eigenvalue weighted by Gasteiger charge is 2.49. The van der Waals surface area contributed by atoms with E-state index in [0.29, 0.717) is 5.92 Å². The maximum Gasteiger partial charge on any atom is 0.239 e. The smallest absolute Gasteiger partial charge is 0.239 e. The summed E-state index contributed by atoms with van der Waals surface area (Å²) in [6.45, 7) is 2.02. The molecule has 7 heteroatoms. The average Bonchev–Trinajstić information content (AvgIpc) is 3.48. The molecule has 2 aromatic heterocycles. The number of nitrogens with one attached hydrogen (secondary N) is 2. The quantitative estimate of drug-likeness (QED) is 0.670. The number of carbonyl (C=O) groups excluding carboxylic acids is 1. The van der Waals surface area contributed by atoms with Gasteiger partial charge in [0.2, 0.25) is 5.91 Å². The predicted molar refractivity (Wildman–Crippen MR) is 117 cm³/mol. The minimum absolute atomic E-state index is 0.0709. The molecular formula is C23H23N5OS. The fourth-order valence-corrected chi connectivity index (χ4v) is 5.28. The summed E-state index contributed by atoms with van der Waals surface area (Å²) >= 11 is 1.59. The molecule has 1 aromatic carbocycles. The predicted octanol–water partition coefficient (Wildman–Crippen LogP) is 4.08. The number of benzene rings is 1. The molecule has 3 heterocycles. The van der Waals surface area contributed by atoms with Gasteiger partial charge < -0.3 is 5.32 Å². The molecule has 1 amide bonds. The Labute approximate surface area is 179 Å². The Morgan fingerprint density at radius 1 is 1.13 bits per heavy atom. The molecule has 2 aliphatic rings. The second kappa shape index (κ2) is 7.02. The van der Waals surface area contributed by atoms with E-state index in [0.717, 1.165) is 21.6 Å². The number of aromatic nitrogens is 2. The van der Waals surface area contributed by atoms with Crippen molar-refractivity contribution in [2.45, 2.75) is 37.1 Å². The number of hydrogen-bond donors (Lipinski definition) is 2. The van der Waals surface area contributed by atoms with Gasteiger partial charge in [0.15, 0.2) is 5.96 Å². The van der Waals surface area contributed by atoms with E-state index < -0.39 is 11.5 Å². The topological polar surface area (TPSA) is 82.0 Å². The highest BCUT2D eigenvalue weighted by molar-refractivity contribution is 7.10. The molecule has 0 spiro atoms. The molecular weight excluding hydrogens is 394 g/mol. The summed E-state index contributed by atoms with van der Waals surface area (Å²) < 4.78 is 0. The van der Waals surface area contributed by atoms with Crippen molar-refractivity contribution in [1.29, 1.82) is 5.41 Å². The van der Waals surface area contributed by atoms with Crippen LogP contribution in [-0.4, -0.2) is 33.8 Å². The molecule has 2 N–H and O–H groups in total. The van der Waals surface area contributed by atoms with Crippen LogP contribution in [0.25, 0.3) is 11.1 Å². The molecule has 0 radical (unpaired) electrons. The summed E-state index contributed by atoms with van der Waals surface area (Å²) in [5.41, 5.74) is 3.54. The van der Waals surface area contributed by atoms with Crippen LogP contribution in [0.15, 0.2) is 54.4 Å². The molecule has 30 heavy (non-hydrogen) atoms. The van der Waals surface area contributed by atoms with Gasteiger partial charge in [0.25, 0.3) is 0 Å². The zero-order valence-electron chi connectivity index (χ0n) is 16.9. The lowest BCUT2D eigenvalue weighted by Gasteiger charge is -2.45. The van der Waals surface area contributed by atoms with E-state index in [1.807, 2.05) is 6.92 Å². The van der Waals surface area contributed by atoms with Crippen molar-refractivity contribution >= 4 is 23.2 Å². The minimum Gasteiger partial charge on any atom is -0.345 e. The van der Waals surface area contributed by atoms with Crippen molar-refractivity contribution in [3.8, 4) is 11.1 Å². The Kier molecular flexibility index (Phi) is 4.43. The van der Waals surface area contributed by atoms with Crippen molar-refractivity contribution in [2.24, 2.45) is 0 Å². The summed E-state index contributed by atoms with van der Waals surface area (Å²) in [5.74, 6) is 0.294. The Hall–Kier alpha value is -3.06. The molecule has 1 aliphatic carbocycles. The molecule has 2 atom stereocenters. The van der Waals surface area contributed by atoms with Gasteiger partial charge in [0, 0.05) is 29.9 Å². The van der Waals surface area contributed by atoms with Crippen LogP contribution in [0.4, 0.5) is 0 Å². The van der Waals surface area contributed by atoms with Gasteiger partial charge in [-0.25, -0.2) is 9.97 Å². The number of rotatable bonds is 4. The summed E-state index contributed by atoms with van der Waals surface area (Å²) in [7, 11) is 1.66. The second-order valence-electron chi connectivity index (χ2n) is 8.27. The molecule has 5 rings (SSSR count). The Morgan fingerprint density at radius 3 is 2.47 bits per heavy atom. The third-order valence-electron chi connectivity index (χ3n) is 6.19. The van der Waals surface area contributed by atoms with E-state index in [-0.39, 0.29) is 11.9 Å². The Morgan fingerprint density at radius 2 is 1.80 bits per heavy atom. The molecule has 0 unspecified atom stereocenters. The third-order valence-corrected chi connectivity index (χ3v) is 7.36. The van der Waals surface area contributed by atoms with Gasteiger partial charge in [-0.2, -0.15) is 0 Å². The Bertz CT molecular complexity index is 1110. The van der Waals surface area contributed by atoms with E-state index in [1.54, 1.807) is 30.8 Å². The molecule has 0 bridgehead atoms. The Balaban J connectivity index is 1.57. The van der Waals surface area contributed by atoms with Crippen LogP contribution in [0.3, 0.4) is 0 Å². The lowest BCUT2D eigenvalue weighted by atomic mass is 9.76. The number of amides is 1. The molecule has 6 nitrogen and oxygen atoms in total.